The van der Waals surface area contributed by atoms with E-state index in [0.717, 1.165) is 18.5 Å². The molecule has 0 radical (unpaired) electrons. The van der Waals surface area contributed by atoms with Crippen LogP contribution in [0.5, 0.6) is 5.75 Å². The Kier molecular flexibility index (Phi) is 4.76. The highest BCUT2D eigenvalue weighted by molar-refractivity contribution is 6.03. The predicted molar refractivity (Wildman–Crippen MR) is 118 cm³/mol. The van der Waals surface area contributed by atoms with Gasteiger partial charge in [0.15, 0.2) is 11.6 Å². The Bertz CT molecular complexity index is 1290. The van der Waals surface area contributed by atoms with Gasteiger partial charge in [-0.1, -0.05) is 6.07 Å². The number of aromatic nitrogens is 2. The Morgan fingerprint density at radius 3 is 2.88 bits per heavy atom. The fourth-order valence-electron chi connectivity index (χ4n) is 4.34. The molecule has 8 nitrogen and oxygen atoms in total. The average Bonchev–Trinajstić information content (AvgIpc) is 3.57. The van der Waals surface area contributed by atoms with Crippen molar-refractivity contribution in [2.24, 2.45) is 5.41 Å². The van der Waals surface area contributed by atoms with Gasteiger partial charge in [0, 0.05) is 36.6 Å². The van der Waals surface area contributed by atoms with Crippen LogP contribution in [0.25, 0.3) is 10.9 Å². The number of halogens is 1. The Balaban J connectivity index is 1.57. The SMILES string of the molecule is Nc1c(F)c(NCCCc2ccccn2)c2c3c1c(=O)c(C(=O)O)cn3CC1(CC1)CO2. The molecule has 2 aliphatic rings. The first-order valence-corrected chi connectivity index (χ1v) is 10.6. The lowest BCUT2D eigenvalue weighted by atomic mass is 10.1. The monoisotopic (exact) mass is 438 g/mol. The molecule has 1 fully saturated rings. The molecule has 3 aromatic rings. The normalized spacial score (nSPS) is 15.9. The zero-order valence-corrected chi connectivity index (χ0v) is 17.4. The molecule has 0 atom stereocenters. The molecule has 0 amide bonds. The third-order valence-corrected chi connectivity index (χ3v) is 6.30. The number of carboxylic acids is 1. The number of hydrogen-bond acceptors (Lipinski definition) is 6. The second-order valence-electron chi connectivity index (χ2n) is 8.60. The summed E-state index contributed by atoms with van der Waals surface area (Å²) in [5, 5.41) is 12.4. The number of nitrogens with one attached hydrogen (secondary N) is 1. The molecule has 2 aromatic heterocycles. The molecule has 3 heterocycles. The molecule has 1 aliphatic carbocycles. The molecule has 1 spiro atoms. The topological polar surface area (TPSA) is 119 Å². The first-order chi connectivity index (χ1) is 15.4. The van der Waals surface area contributed by atoms with E-state index in [4.69, 9.17) is 10.5 Å². The minimum atomic E-state index is -1.37. The van der Waals surface area contributed by atoms with Gasteiger partial charge in [-0.05, 0) is 37.8 Å². The summed E-state index contributed by atoms with van der Waals surface area (Å²) in [6, 6.07) is 5.70. The van der Waals surface area contributed by atoms with Crippen molar-refractivity contribution in [1.29, 1.82) is 0 Å². The maximum Gasteiger partial charge on any atom is 0.341 e. The molecule has 32 heavy (non-hydrogen) atoms. The predicted octanol–water partition coefficient (Wildman–Crippen LogP) is 3.03. The van der Waals surface area contributed by atoms with Crippen LogP contribution in [0.15, 0.2) is 35.4 Å². The zero-order chi connectivity index (χ0) is 22.5. The number of nitrogens with zero attached hydrogens (tertiary/aromatic N) is 2. The summed E-state index contributed by atoms with van der Waals surface area (Å²) in [6.45, 7) is 1.30. The van der Waals surface area contributed by atoms with Crippen LogP contribution in [0.2, 0.25) is 0 Å². The highest BCUT2D eigenvalue weighted by atomic mass is 19.1. The van der Waals surface area contributed by atoms with E-state index in [1.165, 1.54) is 6.20 Å². The van der Waals surface area contributed by atoms with Crippen LogP contribution in [0, 0.1) is 11.2 Å². The molecule has 5 rings (SSSR count). The lowest BCUT2D eigenvalue weighted by Gasteiger charge is -2.19. The van der Waals surface area contributed by atoms with Crippen molar-refractivity contribution < 1.29 is 19.0 Å². The van der Waals surface area contributed by atoms with Crippen LogP contribution >= 0.6 is 0 Å². The molecular weight excluding hydrogens is 415 g/mol. The van der Waals surface area contributed by atoms with Crippen molar-refractivity contribution >= 4 is 28.2 Å². The van der Waals surface area contributed by atoms with Crippen LogP contribution < -0.4 is 21.2 Å². The fraction of sp³-hybridized carbons (Fsp3) is 0.348. The Labute approximate surface area is 182 Å². The van der Waals surface area contributed by atoms with Crippen molar-refractivity contribution in [3.8, 4) is 5.75 Å². The Hall–Kier alpha value is -3.62. The van der Waals surface area contributed by atoms with Crippen LogP contribution in [-0.2, 0) is 13.0 Å². The zero-order valence-electron chi connectivity index (χ0n) is 17.4. The Morgan fingerprint density at radius 2 is 2.19 bits per heavy atom. The molecule has 9 heteroatoms. The maximum absolute atomic E-state index is 15.4. The number of nitrogens with two attached hydrogens (primary N) is 1. The summed E-state index contributed by atoms with van der Waals surface area (Å²) in [7, 11) is 0. The van der Waals surface area contributed by atoms with Crippen molar-refractivity contribution in [3.05, 3.63) is 57.9 Å². The van der Waals surface area contributed by atoms with Gasteiger partial charge in [-0.25, -0.2) is 9.18 Å². The lowest BCUT2D eigenvalue weighted by molar-refractivity contribution is 0.0694. The summed E-state index contributed by atoms with van der Waals surface area (Å²) in [5.41, 5.74) is 5.69. The number of anilines is 2. The van der Waals surface area contributed by atoms with Crippen molar-refractivity contribution in [2.45, 2.75) is 32.2 Å². The van der Waals surface area contributed by atoms with E-state index in [0.29, 0.717) is 38.1 Å². The fourth-order valence-corrected chi connectivity index (χ4v) is 4.34. The van der Waals surface area contributed by atoms with E-state index in [1.54, 1.807) is 10.8 Å². The van der Waals surface area contributed by atoms with Gasteiger partial charge in [-0.3, -0.25) is 9.78 Å². The number of pyridine rings is 2. The van der Waals surface area contributed by atoms with E-state index < -0.39 is 22.8 Å². The molecule has 0 saturated heterocycles. The summed E-state index contributed by atoms with van der Waals surface area (Å²) >= 11 is 0. The summed E-state index contributed by atoms with van der Waals surface area (Å²) < 4.78 is 23.1. The third-order valence-electron chi connectivity index (χ3n) is 6.30. The van der Waals surface area contributed by atoms with E-state index >= 15 is 4.39 Å². The Morgan fingerprint density at radius 1 is 1.38 bits per heavy atom. The quantitative estimate of drug-likeness (QED) is 0.400. The van der Waals surface area contributed by atoms with E-state index in [1.807, 2.05) is 18.2 Å². The van der Waals surface area contributed by atoms with Gasteiger partial charge >= 0.3 is 5.97 Å². The van der Waals surface area contributed by atoms with Crippen LogP contribution in [-0.4, -0.2) is 33.8 Å². The van der Waals surface area contributed by atoms with Gasteiger partial charge in [0.1, 0.15) is 11.3 Å². The van der Waals surface area contributed by atoms with Crippen LogP contribution in [0.1, 0.15) is 35.3 Å². The number of hydrogen-bond donors (Lipinski definition) is 3. The molecule has 1 saturated carbocycles. The molecule has 166 valence electrons. The van der Waals surface area contributed by atoms with Gasteiger partial charge in [-0.15, -0.1) is 0 Å². The number of carbonyl (C=O) groups is 1. The average molecular weight is 438 g/mol. The first kappa shape index (κ1) is 20.3. The van der Waals surface area contributed by atoms with Gasteiger partial charge in [0.2, 0.25) is 5.43 Å². The van der Waals surface area contributed by atoms with Crippen molar-refractivity contribution in [1.82, 2.24) is 9.55 Å². The van der Waals surface area contributed by atoms with Gasteiger partial charge < -0.3 is 25.5 Å². The number of rotatable bonds is 6. The molecular formula is C23H23FN4O4. The minimum Gasteiger partial charge on any atom is -0.488 e. The minimum absolute atomic E-state index is 0.102. The number of nitrogen functional groups attached to an aromatic ring is 1. The standard InChI is InChI=1S/C23H23FN4O4/c24-16-17(25)15-19-21(18(16)27-9-3-5-13-4-1-2-8-26-13)32-12-23(6-7-23)11-28(19)10-14(20(15)29)22(30)31/h1-2,4,8,10,27H,3,5-7,9,11-12,25H2,(H,30,31). The van der Waals surface area contributed by atoms with Crippen LogP contribution in [0.3, 0.4) is 0 Å². The van der Waals surface area contributed by atoms with E-state index in [9.17, 15) is 14.7 Å². The third kappa shape index (κ3) is 3.34. The van der Waals surface area contributed by atoms with Crippen molar-refractivity contribution in [2.75, 3.05) is 24.2 Å². The van der Waals surface area contributed by atoms with Crippen LogP contribution in [0.4, 0.5) is 15.8 Å². The second kappa shape index (κ2) is 7.51. The molecule has 0 unspecified atom stereocenters. The largest absolute Gasteiger partial charge is 0.488 e. The number of benzene rings is 1. The number of ether oxygens (including phenoxy) is 1. The highest BCUT2D eigenvalue weighted by Crippen LogP contribution is 2.51. The summed E-state index contributed by atoms with van der Waals surface area (Å²) in [5.74, 6) is -1.96. The molecule has 1 aliphatic heterocycles. The van der Waals surface area contributed by atoms with Gasteiger partial charge in [0.05, 0.1) is 23.2 Å². The molecule has 0 bridgehead atoms. The molecule has 4 N–H and O–H groups in total. The smallest absolute Gasteiger partial charge is 0.341 e. The number of carboxylic acid groups (broad SMARTS) is 1. The number of aromatic carboxylic acids is 1. The van der Waals surface area contributed by atoms with E-state index in [-0.39, 0.29) is 27.9 Å². The molecule has 1 aromatic carbocycles. The summed E-state index contributed by atoms with van der Waals surface area (Å²) in [6.07, 6.45) is 6.30. The van der Waals surface area contributed by atoms with E-state index in [2.05, 4.69) is 10.3 Å². The lowest BCUT2D eigenvalue weighted by Crippen LogP contribution is -2.22. The van der Waals surface area contributed by atoms with Gasteiger partial charge in [0.25, 0.3) is 0 Å². The first-order valence-electron chi connectivity index (χ1n) is 10.6. The van der Waals surface area contributed by atoms with Gasteiger partial charge in [-0.2, -0.15) is 0 Å². The maximum atomic E-state index is 15.4. The van der Waals surface area contributed by atoms with Crippen molar-refractivity contribution in [3.63, 3.8) is 0 Å². The number of aryl methyl sites for hydroxylation is 1. The highest BCUT2D eigenvalue weighted by Gasteiger charge is 2.46. The summed E-state index contributed by atoms with van der Waals surface area (Å²) in [4.78, 5) is 28.8. The second-order valence-corrected chi connectivity index (χ2v) is 8.60.